The number of halogens is 1. The Hall–Kier alpha value is -2.86. The van der Waals surface area contributed by atoms with E-state index in [2.05, 4.69) is 27.3 Å². The molecule has 5 rings (SSSR count). The molecule has 0 spiro atoms. The Morgan fingerprint density at radius 3 is 3.03 bits per heavy atom. The van der Waals surface area contributed by atoms with Gasteiger partial charge in [0.2, 0.25) is 0 Å². The van der Waals surface area contributed by atoms with Crippen molar-refractivity contribution in [1.29, 1.82) is 5.26 Å². The van der Waals surface area contributed by atoms with Crippen LogP contribution in [0.5, 0.6) is 11.5 Å². The Kier molecular flexibility index (Phi) is 6.12. The van der Waals surface area contributed by atoms with Gasteiger partial charge in [-0.25, -0.2) is 9.97 Å². The second-order valence-corrected chi connectivity index (χ2v) is 9.24. The molecule has 0 unspecified atom stereocenters. The maximum Gasteiger partial charge on any atom is 0.189 e. The van der Waals surface area contributed by atoms with Crippen LogP contribution in [-0.4, -0.2) is 34.6 Å². The number of hydrogen-bond donors (Lipinski definition) is 1. The molecule has 0 radical (unpaired) electrons. The molecular weight excluding hydrogens is 446 g/mol. The first-order valence-electron chi connectivity index (χ1n) is 10.6. The van der Waals surface area contributed by atoms with Crippen LogP contribution in [0.2, 0.25) is 5.02 Å². The fraction of sp³-hybridized carbons (Fsp3) is 0.348. The molecule has 2 aliphatic heterocycles. The maximum atomic E-state index is 9.00. The second-order valence-electron chi connectivity index (χ2n) is 7.80. The van der Waals surface area contributed by atoms with Crippen molar-refractivity contribution in [3.8, 4) is 17.6 Å². The van der Waals surface area contributed by atoms with Gasteiger partial charge in [-0.15, -0.1) is 0 Å². The Balaban J connectivity index is 1.33. The highest BCUT2D eigenvalue weighted by atomic mass is 35.5. The van der Waals surface area contributed by atoms with Crippen LogP contribution in [0.3, 0.4) is 0 Å². The van der Waals surface area contributed by atoms with Gasteiger partial charge in [0, 0.05) is 13.0 Å². The SMILES string of the molecule is N#Cc1cnc(Nc2cccc([C@@H]3CCCN3Cc3cc(Cl)c4c(c3)OCCCO4)n2)s1. The van der Waals surface area contributed by atoms with Crippen molar-refractivity contribution in [3.05, 3.63) is 57.7 Å². The van der Waals surface area contributed by atoms with Gasteiger partial charge < -0.3 is 14.8 Å². The van der Waals surface area contributed by atoms with E-state index in [1.54, 1.807) is 6.20 Å². The predicted octanol–water partition coefficient (Wildman–Crippen LogP) is 5.31. The molecule has 2 aliphatic rings. The van der Waals surface area contributed by atoms with E-state index < -0.39 is 0 Å². The zero-order chi connectivity index (χ0) is 21.9. The van der Waals surface area contributed by atoms with Crippen LogP contribution in [-0.2, 0) is 6.54 Å². The quantitative estimate of drug-likeness (QED) is 0.544. The van der Waals surface area contributed by atoms with Gasteiger partial charge in [-0.3, -0.25) is 4.90 Å². The van der Waals surface area contributed by atoms with Crippen LogP contribution in [0.15, 0.2) is 36.5 Å². The van der Waals surface area contributed by atoms with E-state index in [1.165, 1.54) is 11.3 Å². The first-order chi connectivity index (χ1) is 15.7. The minimum atomic E-state index is 0.220. The average Bonchev–Trinajstić information content (AvgIpc) is 3.37. The summed E-state index contributed by atoms with van der Waals surface area (Å²) >= 11 is 7.81. The number of ether oxygens (including phenoxy) is 2. The van der Waals surface area contributed by atoms with Crippen molar-refractivity contribution in [2.45, 2.75) is 31.8 Å². The van der Waals surface area contributed by atoms with E-state index >= 15 is 0 Å². The smallest absolute Gasteiger partial charge is 0.189 e. The van der Waals surface area contributed by atoms with Gasteiger partial charge >= 0.3 is 0 Å². The summed E-state index contributed by atoms with van der Waals surface area (Å²) in [6.45, 7) is 3.01. The molecule has 0 saturated carbocycles. The molecule has 1 aromatic carbocycles. The van der Waals surface area contributed by atoms with E-state index in [0.29, 0.717) is 34.0 Å². The lowest BCUT2D eigenvalue weighted by Gasteiger charge is -2.25. The minimum Gasteiger partial charge on any atom is -0.489 e. The number of nitrogens with one attached hydrogen (secondary N) is 1. The number of aromatic nitrogens is 2. The number of fused-ring (bicyclic) bond motifs is 1. The summed E-state index contributed by atoms with van der Waals surface area (Å²) < 4.78 is 11.6. The lowest BCUT2D eigenvalue weighted by molar-refractivity contribution is 0.244. The zero-order valence-electron chi connectivity index (χ0n) is 17.4. The minimum absolute atomic E-state index is 0.220. The summed E-state index contributed by atoms with van der Waals surface area (Å²) in [4.78, 5) is 12.1. The molecule has 9 heteroatoms. The number of likely N-dealkylation sites (tertiary alicyclic amines) is 1. The van der Waals surface area contributed by atoms with E-state index in [-0.39, 0.29) is 6.04 Å². The topological polar surface area (TPSA) is 83.3 Å². The highest BCUT2D eigenvalue weighted by Crippen LogP contribution is 2.40. The van der Waals surface area contributed by atoms with Crippen LogP contribution in [0, 0.1) is 11.3 Å². The number of benzene rings is 1. The van der Waals surface area contributed by atoms with E-state index in [1.807, 2.05) is 24.3 Å². The number of anilines is 2. The number of rotatable bonds is 5. The molecule has 1 saturated heterocycles. The summed E-state index contributed by atoms with van der Waals surface area (Å²) in [6.07, 6.45) is 4.57. The van der Waals surface area contributed by atoms with Crippen LogP contribution in [0.1, 0.15) is 41.4 Å². The van der Waals surface area contributed by atoms with Gasteiger partial charge in [-0.05, 0) is 49.2 Å². The van der Waals surface area contributed by atoms with Gasteiger partial charge in [0.25, 0.3) is 0 Å². The summed E-state index contributed by atoms with van der Waals surface area (Å²) in [5.74, 6) is 2.10. The van der Waals surface area contributed by atoms with Gasteiger partial charge in [0.05, 0.1) is 36.2 Å². The molecule has 32 heavy (non-hydrogen) atoms. The molecule has 7 nitrogen and oxygen atoms in total. The Labute approximate surface area is 195 Å². The van der Waals surface area contributed by atoms with Crippen molar-refractivity contribution in [3.63, 3.8) is 0 Å². The highest BCUT2D eigenvalue weighted by Gasteiger charge is 2.28. The van der Waals surface area contributed by atoms with Crippen LogP contribution in [0.4, 0.5) is 10.9 Å². The summed E-state index contributed by atoms with van der Waals surface area (Å²) in [5, 5.41) is 13.5. The third-order valence-electron chi connectivity index (χ3n) is 5.57. The average molecular weight is 468 g/mol. The fourth-order valence-electron chi connectivity index (χ4n) is 4.16. The first-order valence-corrected chi connectivity index (χ1v) is 11.8. The van der Waals surface area contributed by atoms with Crippen molar-refractivity contribution in [2.75, 3.05) is 25.1 Å². The molecule has 0 bridgehead atoms. The van der Waals surface area contributed by atoms with Gasteiger partial charge in [-0.1, -0.05) is 29.0 Å². The van der Waals surface area contributed by atoms with Crippen molar-refractivity contribution >= 4 is 33.9 Å². The molecular formula is C23H22ClN5O2S. The Morgan fingerprint density at radius 2 is 2.16 bits per heavy atom. The Morgan fingerprint density at radius 1 is 1.25 bits per heavy atom. The van der Waals surface area contributed by atoms with Gasteiger partial charge in [0.1, 0.15) is 16.8 Å². The highest BCUT2D eigenvalue weighted by molar-refractivity contribution is 7.16. The van der Waals surface area contributed by atoms with Crippen molar-refractivity contribution in [1.82, 2.24) is 14.9 Å². The van der Waals surface area contributed by atoms with Crippen LogP contribution < -0.4 is 14.8 Å². The van der Waals surface area contributed by atoms with E-state index in [0.717, 1.165) is 55.2 Å². The molecule has 1 fully saturated rings. The predicted molar refractivity (Wildman–Crippen MR) is 124 cm³/mol. The molecule has 3 aromatic rings. The summed E-state index contributed by atoms with van der Waals surface area (Å²) in [5.41, 5.74) is 2.12. The first kappa shape index (κ1) is 21.0. The molecule has 0 amide bonds. The molecule has 1 atom stereocenters. The van der Waals surface area contributed by atoms with E-state index in [4.69, 9.17) is 31.3 Å². The zero-order valence-corrected chi connectivity index (χ0v) is 19.0. The lowest BCUT2D eigenvalue weighted by Crippen LogP contribution is -2.23. The van der Waals surface area contributed by atoms with E-state index in [9.17, 15) is 0 Å². The van der Waals surface area contributed by atoms with Gasteiger partial charge in [-0.2, -0.15) is 5.26 Å². The number of thiazole rings is 1. The number of nitriles is 1. The monoisotopic (exact) mass is 467 g/mol. The largest absolute Gasteiger partial charge is 0.489 e. The summed E-state index contributed by atoms with van der Waals surface area (Å²) in [6, 6.07) is 12.3. The normalized spacial score (nSPS) is 18.2. The number of pyridine rings is 1. The Bertz CT molecular complexity index is 1160. The summed E-state index contributed by atoms with van der Waals surface area (Å²) in [7, 11) is 0. The molecule has 164 valence electrons. The molecule has 1 N–H and O–H groups in total. The van der Waals surface area contributed by atoms with Crippen molar-refractivity contribution < 1.29 is 9.47 Å². The second kappa shape index (κ2) is 9.33. The molecule has 2 aromatic heterocycles. The molecule has 0 aliphatic carbocycles. The van der Waals surface area contributed by atoms with Crippen LogP contribution >= 0.6 is 22.9 Å². The third-order valence-corrected chi connectivity index (χ3v) is 6.67. The number of nitrogens with zero attached hydrogens (tertiary/aromatic N) is 4. The fourth-order valence-corrected chi connectivity index (χ4v) is 5.07. The van der Waals surface area contributed by atoms with Crippen LogP contribution in [0.25, 0.3) is 0 Å². The third kappa shape index (κ3) is 4.51. The molecule has 4 heterocycles. The van der Waals surface area contributed by atoms with Gasteiger partial charge in [0.15, 0.2) is 16.6 Å². The standard InChI is InChI=1S/C23H22ClN5O2S/c24-17-10-15(11-20-22(17)31-9-3-8-30-20)14-29-7-2-5-19(29)18-4-1-6-21(27-18)28-23-26-13-16(12-25)32-23/h1,4,6,10-11,13,19H,2-3,5,7-9,14H2,(H,26,27,28)/t19-/m0/s1. The number of hydrogen-bond acceptors (Lipinski definition) is 8. The maximum absolute atomic E-state index is 9.00. The lowest BCUT2D eigenvalue weighted by atomic mass is 10.1. The van der Waals surface area contributed by atoms with Crippen molar-refractivity contribution in [2.24, 2.45) is 0 Å².